The highest BCUT2D eigenvalue weighted by Gasteiger charge is 2.33. The average molecular weight is 364 g/mol. The minimum absolute atomic E-state index is 0.0507. The molecule has 5 nitrogen and oxygen atoms in total. The largest absolute Gasteiger partial charge is 0.506 e. The number of hydrogen-bond acceptors (Lipinski definition) is 5. The van der Waals surface area contributed by atoms with Crippen LogP contribution in [0.15, 0.2) is 17.0 Å². The van der Waals surface area contributed by atoms with Gasteiger partial charge in [-0.2, -0.15) is 0 Å². The Labute approximate surface area is 139 Å². The summed E-state index contributed by atoms with van der Waals surface area (Å²) >= 11 is 17.5. The summed E-state index contributed by atoms with van der Waals surface area (Å²) in [6.45, 7) is -0.510. The van der Waals surface area contributed by atoms with E-state index in [2.05, 4.69) is 0 Å². The molecular formula is C12H7Cl2NO4S2. The van der Waals surface area contributed by atoms with Crippen LogP contribution in [-0.4, -0.2) is 37.9 Å². The summed E-state index contributed by atoms with van der Waals surface area (Å²) in [5, 5.41) is 18.9. The van der Waals surface area contributed by atoms with Crippen molar-refractivity contribution in [2.75, 3.05) is 6.54 Å². The molecule has 0 bridgehead atoms. The molecule has 0 saturated carbocycles. The zero-order valence-corrected chi connectivity index (χ0v) is 13.3. The molecule has 1 fully saturated rings. The molecule has 0 radical (unpaired) electrons. The van der Waals surface area contributed by atoms with Crippen molar-refractivity contribution in [1.29, 1.82) is 0 Å². The molecule has 2 rings (SSSR count). The number of phenolic OH excluding ortho intramolecular Hbond substituents is 1. The lowest BCUT2D eigenvalue weighted by molar-refractivity contribution is -0.140. The van der Waals surface area contributed by atoms with Crippen LogP contribution in [-0.2, 0) is 9.59 Å². The Kier molecular flexibility index (Phi) is 4.77. The zero-order valence-electron chi connectivity index (χ0n) is 10.2. The Morgan fingerprint density at radius 1 is 1.43 bits per heavy atom. The summed E-state index contributed by atoms with van der Waals surface area (Å²) in [6.07, 6.45) is 1.37. The van der Waals surface area contributed by atoms with Gasteiger partial charge in [-0.3, -0.25) is 14.5 Å². The molecule has 1 heterocycles. The van der Waals surface area contributed by atoms with Crippen LogP contribution in [0.2, 0.25) is 10.0 Å². The van der Waals surface area contributed by atoms with E-state index in [9.17, 15) is 14.7 Å². The fourth-order valence-corrected chi connectivity index (χ4v) is 3.36. The van der Waals surface area contributed by atoms with Crippen LogP contribution in [0.4, 0.5) is 0 Å². The molecular weight excluding hydrogens is 357 g/mol. The van der Waals surface area contributed by atoms with Gasteiger partial charge in [-0.05, 0) is 18.2 Å². The summed E-state index contributed by atoms with van der Waals surface area (Å²) in [5.74, 6) is -1.92. The van der Waals surface area contributed by atoms with E-state index in [1.807, 2.05) is 0 Å². The number of aliphatic carboxylic acids is 1. The number of rotatable bonds is 3. The molecule has 0 aromatic heterocycles. The van der Waals surface area contributed by atoms with Gasteiger partial charge >= 0.3 is 5.97 Å². The van der Waals surface area contributed by atoms with Gasteiger partial charge in [0.25, 0.3) is 5.91 Å². The fraction of sp³-hybridized carbons (Fsp3) is 0.0833. The highest BCUT2D eigenvalue weighted by Crippen LogP contribution is 2.37. The van der Waals surface area contributed by atoms with Crippen molar-refractivity contribution in [2.45, 2.75) is 0 Å². The second kappa shape index (κ2) is 6.23. The Bertz CT molecular complexity index is 690. The molecule has 1 aliphatic rings. The quantitative estimate of drug-likeness (QED) is 0.634. The lowest BCUT2D eigenvalue weighted by Crippen LogP contribution is -2.33. The second-order valence-corrected chi connectivity index (χ2v) is 6.51. The molecule has 0 aliphatic carbocycles. The third kappa shape index (κ3) is 3.49. The van der Waals surface area contributed by atoms with Gasteiger partial charge < -0.3 is 10.2 Å². The smallest absolute Gasteiger partial charge is 0.323 e. The first-order valence-corrected chi connectivity index (χ1v) is 7.43. The molecule has 1 amide bonds. The van der Waals surface area contributed by atoms with Gasteiger partial charge in [0.15, 0.2) is 0 Å². The van der Waals surface area contributed by atoms with Gasteiger partial charge in [-0.15, -0.1) is 0 Å². The second-order valence-electron chi connectivity index (χ2n) is 3.99. The van der Waals surface area contributed by atoms with Crippen LogP contribution < -0.4 is 0 Å². The Hall–Kier alpha value is -1.28. The SMILES string of the molecule is O=C(O)CN1C(=O)/C(=C/c2cc(Cl)cc(Cl)c2O)SC1=S. The molecule has 0 unspecified atom stereocenters. The fourth-order valence-electron chi connectivity index (χ4n) is 1.61. The van der Waals surface area contributed by atoms with Crippen molar-refractivity contribution in [1.82, 2.24) is 4.90 Å². The van der Waals surface area contributed by atoms with E-state index in [4.69, 9.17) is 40.5 Å². The number of hydrogen-bond donors (Lipinski definition) is 2. The van der Waals surface area contributed by atoms with Crippen molar-refractivity contribution in [2.24, 2.45) is 0 Å². The highest BCUT2D eigenvalue weighted by atomic mass is 35.5. The number of nitrogens with zero attached hydrogens (tertiary/aromatic N) is 1. The average Bonchev–Trinajstić information content (AvgIpc) is 2.63. The van der Waals surface area contributed by atoms with E-state index >= 15 is 0 Å². The maximum atomic E-state index is 12.1. The molecule has 9 heteroatoms. The first-order chi connectivity index (χ1) is 9.79. The highest BCUT2D eigenvalue weighted by molar-refractivity contribution is 8.26. The summed E-state index contributed by atoms with van der Waals surface area (Å²) in [4.78, 5) is 23.9. The monoisotopic (exact) mass is 363 g/mol. The number of thiocarbonyl (C=S) groups is 1. The zero-order chi connectivity index (χ0) is 15.7. The molecule has 110 valence electrons. The van der Waals surface area contributed by atoms with Gasteiger partial charge in [0.2, 0.25) is 0 Å². The molecule has 1 aromatic rings. The van der Waals surface area contributed by atoms with Crippen molar-refractivity contribution >= 4 is 69.5 Å². The number of phenols is 1. The minimum Gasteiger partial charge on any atom is -0.506 e. The number of carbonyl (C=O) groups is 2. The number of carboxylic acids is 1. The molecule has 2 N–H and O–H groups in total. The number of benzene rings is 1. The number of amides is 1. The Balaban J connectivity index is 2.37. The third-order valence-corrected chi connectivity index (χ3v) is 4.40. The van der Waals surface area contributed by atoms with E-state index in [0.717, 1.165) is 16.7 Å². The first kappa shape index (κ1) is 16.1. The van der Waals surface area contributed by atoms with Gasteiger partial charge in [-0.25, -0.2) is 0 Å². The Morgan fingerprint density at radius 3 is 2.71 bits per heavy atom. The predicted molar refractivity (Wildman–Crippen MR) is 85.6 cm³/mol. The molecule has 21 heavy (non-hydrogen) atoms. The van der Waals surface area contributed by atoms with E-state index in [-0.39, 0.29) is 25.6 Å². The molecule has 1 aliphatic heterocycles. The maximum Gasteiger partial charge on any atom is 0.323 e. The molecule has 1 saturated heterocycles. The van der Waals surface area contributed by atoms with Crippen molar-refractivity contribution in [3.8, 4) is 5.75 Å². The van der Waals surface area contributed by atoms with Crippen molar-refractivity contribution in [3.05, 3.63) is 32.6 Å². The lowest BCUT2D eigenvalue weighted by Gasteiger charge is -2.10. The molecule has 0 atom stereocenters. The van der Waals surface area contributed by atoms with Gasteiger partial charge in [-0.1, -0.05) is 47.2 Å². The molecule has 1 aromatic carbocycles. The van der Waals surface area contributed by atoms with Crippen LogP contribution >= 0.6 is 47.2 Å². The summed E-state index contributed by atoms with van der Waals surface area (Å²) in [5.41, 5.74) is 0.253. The number of carboxylic acid groups (broad SMARTS) is 1. The summed E-state index contributed by atoms with van der Waals surface area (Å²) in [7, 11) is 0. The van der Waals surface area contributed by atoms with Crippen molar-refractivity contribution in [3.63, 3.8) is 0 Å². The normalized spacial score (nSPS) is 16.9. The maximum absolute atomic E-state index is 12.1. The number of thioether (sulfide) groups is 1. The molecule has 0 spiro atoms. The van der Waals surface area contributed by atoms with Gasteiger partial charge in [0.1, 0.15) is 16.6 Å². The number of aromatic hydroxyl groups is 1. The summed E-state index contributed by atoms with van der Waals surface area (Å²) in [6, 6.07) is 2.80. The third-order valence-electron chi connectivity index (χ3n) is 2.51. The Morgan fingerprint density at radius 2 is 2.10 bits per heavy atom. The van der Waals surface area contributed by atoms with E-state index < -0.39 is 18.4 Å². The van der Waals surface area contributed by atoms with E-state index in [0.29, 0.717) is 5.02 Å². The van der Waals surface area contributed by atoms with E-state index in [1.54, 1.807) is 0 Å². The van der Waals surface area contributed by atoms with Crippen LogP contribution in [0.5, 0.6) is 5.75 Å². The van der Waals surface area contributed by atoms with Crippen molar-refractivity contribution < 1.29 is 19.8 Å². The summed E-state index contributed by atoms with van der Waals surface area (Å²) < 4.78 is 0.140. The van der Waals surface area contributed by atoms with Crippen LogP contribution in [0, 0.1) is 0 Å². The number of carbonyl (C=O) groups excluding carboxylic acids is 1. The topological polar surface area (TPSA) is 77.8 Å². The minimum atomic E-state index is -1.17. The van der Waals surface area contributed by atoms with Gasteiger partial charge in [0, 0.05) is 10.6 Å². The van der Waals surface area contributed by atoms with Crippen LogP contribution in [0.1, 0.15) is 5.56 Å². The number of halogens is 2. The van der Waals surface area contributed by atoms with Gasteiger partial charge in [0.05, 0.1) is 9.93 Å². The first-order valence-electron chi connectivity index (χ1n) is 5.44. The lowest BCUT2D eigenvalue weighted by atomic mass is 10.2. The standard InChI is InChI=1S/C12H7Cl2NO4S2/c13-6-1-5(10(18)7(14)3-6)2-8-11(19)15(4-9(16)17)12(20)21-8/h1-3,18H,4H2,(H,16,17)/b8-2-. The van der Waals surface area contributed by atoms with E-state index in [1.165, 1.54) is 18.2 Å². The predicted octanol–water partition coefficient (Wildman–Crippen LogP) is 2.98. The van der Waals surface area contributed by atoms with Crippen LogP contribution in [0.25, 0.3) is 6.08 Å². The van der Waals surface area contributed by atoms with Crippen LogP contribution in [0.3, 0.4) is 0 Å².